The number of para-hydroxylation sites is 1. The zero-order chi connectivity index (χ0) is 20.8. The average Bonchev–Trinajstić information content (AvgIpc) is 3.16. The van der Waals surface area contributed by atoms with Crippen molar-refractivity contribution in [3.05, 3.63) is 82.4 Å². The van der Waals surface area contributed by atoms with E-state index in [0.717, 1.165) is 22.4 Å². The topological polar surface area (TPSA) is 59.5 Å². The summed E-state index contributed by atoms with van der Waals surface area (Å²) < 4.78 is 5.33. The first kappa shape index (κ1) is 20.5. The quantitative estimate of drug-likeness (QED) is 0.417. The van der Waals surface area contributed by atoms with Crippen LogP contribution in [0.4, 0.5) is 10.8 Å². The second kappa shape index (κ2) is 9.30. The first-order valence-corrected chi connectivity index (χ1v) is 10.0. The van der Waals surface area contributed by atoms with Gasteiger partial charge < -0.3 is 4.74 Å². The molecule has 3 aromatic rings. The average molecular weight is 407 g/mol. The molecule has 0 unspecified atom stereocenters. The number of hydrogen-bond donors (Lipinski definition) is 0. The molecule has 148 valence electrons. The molecule has 0 aliphatic carbocycles. The highest BCUT2D eigenvalue weighted by Crippen LogP contribution is 2.29. The van der Waals surface area contributed by atoms with E-state index in [2.05, 4.69) is 4.98 Å². The Hall–Kier alpha value is -3.25. The van der Waals surface area contributed by atoms with Crippen LogP contribution in [0.15, 0.2) is 60.0 Å². The third kappa shape index (κ3) is 5.39. The number of nitrogens with zero attached hydrogens (tertiary/aromatic N) is 2. The Morgan fingerprint density at radius 1 is 1.14 bits per heavy atom. The number of rotatable bonds is 6. The van der Waals surface area contributed by atoms with Crippen LogP contribution in [0.5, 0.6) is 0 Å². The van der Waals surface area contributed by atoms with E-state index in [9.17, 15) is 9.59 Å². The molecule has 6 heteroatoms. The van der Waals surface area contributed by atoms with Gasteiger partial charge >= 0.3 is 5.97 Å². The summed E-state index contributed by atoms with van der Waals surface area (Å²) in [6.07, 6.45) is 2.94. The second-order valence-corrected chi connectivity index (χ2v) is 7.45. The standard InChI is InChI=1S/C23H22N2O3S/c1-16-9-10-17(2)19(13-16)14-28-22(27)12-11-20-15-29-23(24-20)25(18(3)26)21-7-5-4-6-8-21/h4-13,15H,14H2,1-3H3/b12-11+. The van der Waals surface area contributed by atoms with Crippen LogP contribution in [0.1, 0.15) is 29.3 Å². The van der Waals surface area contributed by atoms with Crippen molar-refractivity contribution in [1.29, 1.82) is 0 Å². The van der Waals surface area contributed by atoms with E-state index < -0.39 is 5.97 Å². The van der Waals surface area contributed by atoms with Crippen LogP contribution in [0.3, 0.4) is 0 Å². The Bertz CT molecular complexity index is 1040. The van der Waals surface area contributed by atoms with Crippen molar-refractivity contribution in [2.75, 3.05) is 4.90 Å². The molecule has 29 heavy (non-hydrogen) atoms. The van der Waals surface area contributed by atoms with E-state index in [-0.39, 0.29) is 12.5 Å². The fraction of sp³-hybridized carbons (Fsp3) is 0.174. The van der Waals surface area contributed by atoms with Crippen molar-refractivity contribution in [1.82, 2.24) is 4.98 Å². The molecule has 5 nitrogen and oxygen atoms in total. The highest BCUT2D eigenvalue weighted by atomic mass is 32.1. The van der Waals surface area contributed by atoms with Gasteiger partial charge in [-0.15, -0.1) is 11.3 Å². The normalized spacial score (nSPS) is 10.9. The lowest BCUT2D eigenvalue weighted by Gasteiger charge is -2.17. The van der Waals surface area contributed by atoms with Crippen LogP contribution in [-0.4, -0.2) is 16.9 Å². The molecule has 1 aromatic heterocycles. The molecule has 3 rings (SSSR count). The number of carbonyl (C=O) groups is 2. The molecule has 0 saturated heterocycles. The molecule has 0 fully saturated rings. The zero-order valence-electron chi connectivity index (χ0n) is 16.6. The van der Waals surface area contributed by atoms with Gasteiger partial charge in [-0.3, -0.25) is 9.69 Å². The van der Waals surface area contributed by atoms with E-state index >= 15 is 0 Å². The minimum absolute atomic E-state index is 0.131. The third-order valence-electron chi connectivity index (χ3n) is 4.30. The Morgan fingerprint density at radius 2 is 1.90 bits per heavy atom. The Kier molecular flexibility index (Phi) is 6.57. The number of esters is 1. The van der Waals surface area contributed by atoms with Crippen LogP contribution in [0.2, 0.25) is 0 Å². The smallest absolute Gasteiger partial charge is 0.331 e. The van der Waals surface area contributed by atoms with Crippen LogP contribution in [0, 0.1) is 13.8 Å². The van der Waals surface area contributed by atoms with E-state index in [4.69, 9.17) is 4.74 Å². The molecule has 0 N–H and O–H groups in total. The Labute approximate surface area is 174 Å². The van der Waals surface area contributed by atoms with Gasteiger partial charge in [-0.25, -0.2) is 9.78 Å². The summed E-state index contributed by atoms with van der Waals surface area (Å²) in [5.41, 5.74) is 4.54. The first-order chi connectivity index (χ1) is 13.9. The number of hydrogen-bond acceptors (Lipinski definition) is 5. The molecule has 0 aliphatic heterocycles. The number of thiazole rings is 1. The number of ether oxygens (including phenoxy) is 1. The maximum absolute atomic E-state index is 12.1. The summed E-state index contributed by atoms with van der Waals surface area (Å²) in [7, 11) is 0. The monoisotopic (exact) mass is 406 g/mol. The van der Waals surface area contributed by atoms with Crippen LogP contribution in [-0.2, 0) is 20.9 Å². The molecule has 0 radical (unpaired) electrons. The van der Waals surface area contributed by atoms with Crippen LogP contribution in [0.25, 0.3) is 6.08 Å². The van der Waals surface area contributed by atoms with Gasteiger partial charge in [0.25, 0.3) is 0 Å². The molecule has 0 bridgehead atoms. The molecule has 1 amide bonds. The summed E-state index contributed by atoms with van der Waals surface area (Å²) in [5.74, 6) is -0.569. The maximum atomic E-state index is 12.1. The number of anilines is 2. The lowest BCUT2D eigenvalue weighted by atomic mass is 10.1. The van der Waals surface area contributed by atoms with E-state index in [1.54, 1.807) is 16.4 Å². The largest absolute Gasteiger partial charge is 0.458 e. The molecular formula is C23H22N2O3S. The van der Waals surface area contributed by atoms with Gasteiger partial charge in [0.15, 0.2) is 5.13 Å². The molecule has 0 spiro atoms. The number of carbonyl (C=O) groups excluding carboxylic acids is 2. The highest BCUT2D eigenvalue weighted by molar-refractivity contribution is 7.14. The van der Waals surface area contributed by atoms with Crippen molar-refractivity contribution in [3.63, 3.8) is 0 Å². The van der Waals surface area contributed by atoms with Gasteiger partial charge in [0.1, 0.15) is 6.61 Å². The summed E-state index contributed by atoms with van der Waals surface area (Å²) in [5, 5.41) is 2.34. The second-order valence-electron chi connectivity index (χ2n) is 6.62. The van der Waals surface area contributed by atoms with Gasteiger partial charge in [0, 0.05) is 18.4 Å². The SMILES string of the molecule is CC(=O)N(c1ccccc1)c1nc(/C=C/C(=O)OCc2cc(C)ccc2C)cs1. The van der Waals surface area contributed by atoms with Gasteiger partial charge in [0.2, 0.25) is 5.91 Å². The molecule has 2 aromatic carbocycles. The molecular weight excluding hydrogens is 384 g/mol. The van der Waals surface area contributed by atoms with E-state index in [1.807, 2.05) is 62.4 Å². The van der Waals surface area contributed by atoms with E-state index in [0.29, 0.717) is 10.8 Å². The number of aromatic nitrogens is 1. The van der Waals surface area contributed by atoms with Gasteiger partial charge in [0.05, 0.1) is 11.4 Å². The van der Waals surface area contributed by atoms with Gasteiger partial charge in [-0.2, -0.15) is 0 Å². The fourth-order valence-corrected chi connectivity index (χ4v) is 3.62. The van der Waals surface area contributed by atoms with Crippen molar-refractivity contribution in [2.24, 2.45) is 0 Å². The van der Waals surface area contributed by atoms with Gasteiger partial charge in [-0.1, -0.05) is 42.0 Å². The van der Waals surface area contributed by atoms with Crippen LogP contribution >= 0.6 is 11.3 Å². The summed E-state index contributed by atoms with van der Waals surface area (Å²) >= 11 is 1.34. The van der Waals surface area contributed by atoms with Crippen LogP contribution < -0.4 is 4.90 Å². The number of amides is 1. The van der Waals surface area contributed by atoms with Gasteiger partial charge in [-0.05, 0) is 43.2 Å². The molecule has 0 aliphatic rings. The van der Waals surface area contributed by atoms with Crippen molar-refractivity contribution in [2.45, 2.75) is 27.4 Å². The predicted octanol–water partition coefficient (Wildman–Crippen LogP) is 5.20. The lowest BCUT2D eigenvalue weighted by Crippen LogP contribution is -2.22. The third-order valence-corrected chi connectivity index (χ3v) is 5.14. The number of aryl methyl sites for hydroxylation is 2. The van der Waals surface area contributed by atoms with Crippen molar-refractivity contribution >= 4 is 40.1 Å². The van der Waals surface area contributed by atoms with Crippen molar-refractivity contribution < 1.29 is 14.3 Å². The first-order valence-electron chi connectivity index (χ1n) is 9.16. The van der Waals surface area contributed by atoms with Crippen molar-refractivity contribution in [3.8, 4) is 0 Å². The molecule has 0 saturated carbocycles. The molecule has 0 atom stereocenters. The predicted molar refractivity (Wildman–Crippen MR) is 116 cm³/mol. The lowest BCUT2D eigenvalue weighted by molar-refractivity contribution is -0.138. The highest BCUT2D eigenvalue weighted by Gasteiger charge is 2.17. The summed E-state index contributed by atoms with van der Waals surface area (Å²) in [4.78, 5) is 30.1. The summed E-state index contributed by atoms with van der Waals surface area (Å²) in [6, 6.07) is 15.4. The fourth-order valence-electron chi connectivity index (χ4n) is 2.77. The van der Waals surface area contributed by atoms with E-state index in [1.165, 1.54) is 24.3 Å². The Morgan fingerprint density at radius 3 is 2.62 bits per heavy atom. The number of benzene rings is 2. The summed E-state index contributed by atoms with van der Waals surface area (Å²) in [6.45, 7) is 5.71. The Balaban J connectivity index is 1.65. The maximum Gasteiger partial charge on any atom is 0.331 e. The minimum atomic E-state index is -0.438. The minimum Gasteiger partial charge on any atom is -0.458 e. The zero-order valence-corrected chi connectivity index (χ0v) is 17.4. The molecule has 1 heterocycles.